The fraction of sp³-hybridized carbons (Fsp3) is 0.435. The molecule has 1 aliphatic heterocycles. The van der Waals surface area contributed by atoms with Crippen LogP contribution in [0.25, 0.3) is 22.3 Å². The molecule has 1 aromatic carbocycles. The van der Waals surface area contributed by atoms with Crippen LogP contribution < -0.4 is 0 Å². The molecule has 0 saturated carbocycles. The van der Waals surface area contributed by atoms with Crippen molar-refractivity contribution >= 4 is 28.3 Å². The molecule has 0 bridgehead atoms. The number of likely N-dealkylation sites (tertiary alicyclic amines) is 1. The maximum Gasteiger partial charge on any atom is 0.246 e. The minimum Gasteiger partial charge on any atom is -0.339 e. The molecule has 1 amide bonds. The summed E-state index contributed by atoms with van der Waals surface area (Å²) in [5.74, 6) is 0.0715. The Labute approximate surface area is 181 Å². The second-order valence-corrected chi connectivity index (χ2v) is 8.62. The maximum atomic E-state index is 12.7. The van der Waals surface area contributed by atoms with Crippen LogP contribution in [0.2, 0.25) is 0 Å². The Kier molecular flexibility index (Phi) is 6.59. The number of hydrogen-bond donors (Lipinski definition) is 0. The van der Waals surface area contributed by atoms with Gasteiger partial charge in [-0.3, -0.25) is 9.69 Å². The van der Waals surface area contributed by atoms with Gasteiger partial charge in [0.25, 0.3) is 0 Å². The molecule has 30 heavy (non-hydrogen) atoms. The van der Waals surface area contributed by atoms with E-state index in [-0.39, 0.29) is 5.91 Å². The van der Waals surface area contributed by atoms with Crippen LogP contribution in [0.15, 0.2) is 36.4 Å². The van der Waals surface area contributed by atoms with Gasteiger partial charge in [0.1, 0.15) is 5.01 Å². The van der Waals surface area contributed by atoms with Crippen molar-refractivity contribution in [1.82, 2.24) is 24.4 Å². The summed E-state index contributed by atoms with van der Waals surface area (Å²) in [5.41, 5.74) is 2.76. The number of amides is 1. The van der Waals surface area contributed by atoms with E-state index >= 15 is 0 Å². The van der Waals surface area contributed by atoms with E-state index in [1.807, 2.05) is 45.8 Å². The Hall–Kier alpha value is -2.51. The second kappa shape index (κ2) is 9.53. The molecule has 0 atom stereocenters. The zero-order valence-electron chi connectivity index (χ0n) is 17.8. The van der Waals surface area contributed by atoms with Gasteiger partial charge in [-0.25, -0.2) is 9.50 Å². The average Bonchev–Trinajstić information content (AvgIpc) is 3.34. The smallest absolute Gasteiger partial charge is 0.246 e. The SMILES string of the molecule is CCN(CC)Cc1nn2c(C=CC(=O)N3CCCCC3)c(-c3ccccc3)nc2s1. The monoisotopic (exact) mass is 423 g/mol. The summed E-state index contributed by atoms with van der Waals surface area (Å²) >= 11 is 1.62. The predicted molar refractivity (Wildman–Crippen MR) is 122 cm³/mol. The molecule has 1 saturated heterocycles. The third-order valence-electron chi connectivity index (χ3n) is 5.63. The summed E-state index contributed by atoms with van der Waals surface area (Å²) in [6, 6.07) is 10.1. The first-order valence-corrected chi connectivity index (χ1v) is 11.6. The van der Waals surface area contributed by atoms with Gasteiger partial charge in [-0.15, -0.1) is 0 Å². The van der Waals surface area contributed by atoms with Crippen molar-refractivity contribution in [3.05, 3.63) is 47.1 Å². The van der Waals surface area contributed by atoms with E-state index < -0.39 is 0 Å². The van der Waals surface area contributed by atoms with Crippen LogP contribution in [0.4, 0.5) is 0 Å². The molecule has 3 heterocycles. The third kappa shape index (κ3) is 4.47. The summed E-state index contributed by atoms with van der Waals surface area (Å²) in [4.78, 5) is 22.7. The van der Waals surface area contributed by atoms with Gasteiger partial charge in [0.05, 0.1) is 17.9 Å². The zero-order chi connectivity index (χ0) is 20.9. The molecule has 0 spiro atoms. The van der Waals surface area contributed by atoms with Gasteiger partial charge in [-0.05, 0) is 38.4 Å². The zero-order valence-corrected chi connectivity index (χ0v) is 18.6. The fourth-order valence-corrected chi connectivity index (χ4v) is 4.78. The molecule has 0 N–H and O–H groups in total. The molecule has 1 fully saturated rings. The first kappa shape index (κ1) is 20.8. The second-order valence-electron chi connectivity index (χ2n) is 7.58. The minimum atomic E-state index is 0.0715. The molecule has 7 heteroatoms. The predicted octanol–water partition coefficient (Wildman–Crippen LogP) is 4.33. The number of aromatic nitrogens is 3. The van der Waals surface area contributed by atoms with Crippen molar-refractivity contribution in [2.45, 2.75) is 39.7 Å². The summed E-state index contributed by atoms with van der Waals surface area (Å²) in [6.07, 6.45) is 6.97. The normalized spacial score (nSPS) is 15.0. The minimum absolute atomic E-state index is 0.0715. The lowest BCUT2D eigenvalue weighted by molar-refractivity contribution is -0.126. The number of rotatable bonds is 7. The Bertz CT molecular complexity index is 1010. The van der Waals surface area contributed by atoms with Crippen LogP contribution in [0, 0.1) is 0 Å². The first-order chi connectivity index (χ1) is 14.7. The van der Waals surface area contributed by atoms with Gasteiger partial charge >= 0.3 is 0 Å². The molecule has 0 aliphatic carbocycles. The van der Waals surface area contributed by atoms with Crippen molar-refractivity contribution < 1.29 is 4.79 Å². The van der Waals surface area contributed by atoms with Crippen LogP contribution >= 0.6 is 11.3 Å². The Balaban J connectivity index is 1.69. The van der Waals surface area contributed by atoms with E-state index in [9.17, 15) is 4.79 Å². The van der Waals surface area contributed by atoms with Crippen molar-refractivity contribution in [1.29, 1.82) is 0 Å². The van der Waals surface area contributed by atoms with Crippen molar-refractivity contribution in [3.8, 4) is 11.3 Å². The van der Waals surface area contributed by atoms with Crippen molar-refractivity contribution in [3.63, 3.8) is 0 Å². The molecule has 4 rings (SSSR count). The van der Waals surface area contributed by atoms with E-state index in [1.54, 1.807) is 17.4 Å². The number of benzene rings is 1. The lowest BCUT2D eigenvalue weighted by Gasteiger charge is -2.25. The molecular formula is C23H29N5OS. The van der Waals surface area contributed by atoms with E-state index in [0.29, 0.717) is 0 Å². The summed E-state index contributed by atoms with van der Waals surface area (Å²) in [7, 11) is 0. The third-order valence-corrected chi connectivity index (χ3v) is 6.53. The first-order valence-electron chi connectivity index (χ1n) is 10.8. The summed E-state index contributed by atoms with van der Waals surface area (Å²) < 4.78 is 1.89. The number of carbonyl (C=O) groups excluding carboxylic acids is 1. The summed E-state index contributed by atoms with van der Waals surface area (Å²) in [5, 5.41) is 5.88. The van der Waals surface area contributed by atoms with Gasteiger partial charge in [0.2, 0.25) is 10.9 Å². The van der Waals surface area contributed by atoms with E-state index in [4.69, 9.17) is 10.1 Å². The van der Waals surface area contributed by atoms with Crippen LogP contribution in [-0.2, 0) is 11.3 Å². The van der Waals surface area contributed by atoms with Gasteiger partial charge in [0, 0.05) is 24.7 Å². The van der Waals surface area contributed by atoms with Gasteiger partial charge in [0.15, 0.2) is 0 Å². The highest BCUT2D eigenvalue weighted by atomic mass is 32.1. The highest BCUT2D eigenvalue weighted by Crippen LogP contribution is 2.28. The molecule has 0 unspecified atom stereocenters. The van der Waals surface area contributed by atoms with E-state index in [0.717, 1.165) is 72.5 Å². The van der Waals surface area contributed by atoms with Crippen molar-refractivity contribution in [2.75, 3.05) is 26.2 Å². The number of fused-ring (bicyclic) bond motifs is 1. The number of hydrogen-bond acceptors (Lipinski definition) is 5. The largest absolute Gasteiger partial charge is 0.339 e. The van der Waals surface area contributed by atoms with Gasteiger partial charge < -0.3 is 4.90 Å². The van der Waals surface area contributed by atoms with Crippen LogP contribution in [0.3, 0.4) is 0 Å². The van der Waals surface area contributed by atoms with Gasteiger partial charge in [-0.1, -0.05) is 55.5 Å². The summed E-state index contributed by atoms with van der Waals surface area (Å²) in [6.45, 7) is 8.82. The van der Waals surface area contributed by atoms with Crippen LogP contribution in [0.5, 0.6) is 0 Å². The van der Waals surface area contributed by atoms with Crippen molar-refractivity contribution in [2.24, 2.45) is 0 Å². The maximum absolute atomic E-state index is 12.7. The molecule has 2 aromatic heterocycles. The Morgan fingerprint density at radius 1 is 1.13 bits per heavy atom. The molecule has 3 aromatic rings. The average molecular weight is 424 g/mol. The lowest BCUT2D eigenvalue weighted by atomic mass is 10.1. The van der Waals surface area contributed by atoms with E-state index in [1.165, 1.54) is 6.42 Å². The fourth-order valence-electron chi connectivity index (χ4n) is 3.83. The highest BCUT2D eigenvalue weighted by Gasteiger charge is 2.19. The Morgan fingerprint density at radius 3 is 2.57 bits per heavy atom. The standard InChI is InChI=1S/C23H29N5OS/c1-3-26(4-2)17-20-25-28-19(13-14-21(29)27-15-9-6-10-16-27)22(24-23(28)30-20)18-11-7-5-8-12-18/h5,7-8,11-14H,3-4,6,9-10,15-17H2,1-2H3. The molecule has 0 radical (unpaired) electrons. The topological polar surface area (TPSA) is 53.7 Å². The molecule has 6 nitrogen and oxygen atoms in total. The quantitative estimate of drug-likeness (QED) is 0.531. The Morgan fingerprint density at radius 2 is 1.87 bits per heavy atom. The number of imidazole rings is 1. The van der Waals surface area contributed by atoms with Gasteiger partial charge in [-0.2, -0.15) is 5.10 Å². The number of nitrogens with zero attached hydrogens (tertiary/aromatic N) is 5. The van der Waals surface area contributed by atoms with Crippen LogP contribution in [-0.4, -0.2) is 56.5 Å². The number of carbonyl (C=O) groups is 1. The highest BCUT2D eigenvalue weighted by molar-refractivity contribution is 7.16. The molecule has 1 aliphatic rings. The van der Waals surface area contributed by atoms with E-state index in [2.05, 4.69) is 18.7 Å². The molecular weight excluding hydrogens is 394 g/mol. The molecule has 158 valence electrons. The van der Waals surface area contributed by atoms with Crippen LogP contribution in [0.1, 0.15) is 43.8 Å². The lowest BCUT2D eigenvalue weighted by Crippen LogP contribution is -2.34. The number of piperidine rings is 1.